The molecule has 0 aromatic heterocycles. The molecule has 0 amide bonds. The number of aryl methyl sites for hydroxylation is 3. The quantitative estimate of drug-likeness (QED) is 0.921. The Hall–Kier alpha value is -1.87. The molecule has 2 nitrogen and oxygen atoms in total. The van der Waals surface area contributed by atoms with Crippen LogP contribution in [0, 0.1) is 26.6 Å². The van der Waals surface area contributed by atoms with E-state index in [0.717, 1.165) is 33.6 Å². The van der Waals surface area contributed by atoms with Crippen molar-refractivity contribution in [3.8, 4) is 5.75 Å². The summed E-state index contributed by atoms with van der Waals surface area (Å²) in [4.78, 5) is 0. The fraction of sp³-hybridized carbons (Fsp3) is 0.294. The van der Waals surface area contributed by atoms with Gasteiger partial charge in [0.25, 0.3) is 0 Å². The van der Waals surface area contributed by atoms with Gasteiger partial charge in [0, 0.05) is 0 Å². The third-order valence-electron chi connectivity index (χ3n) is 3.53. The van der Waals surface area contributed by atoms with Gasteiger partial charge in [0.2, 0.25) is 0 Å². The molecule has 0 fully saturated rings. The van der Waals surface area contributed by atoms with Gasteiger partial charge in [-0.25, -0.2) is 4.39 Å². The Bertz CT molecular complexity index is 612. The predicted molar refractivity (Wildman–Crippen MR) is 77.7 cm³/mol. The Morgan fingerprint density at radius 3 is 2.10 bits per heavy atom. The summed E-state index contributed by atoms with van der Waals surface area (Å²) < 4.78 is 18.5. The van der Waals surface area contributed by atoms with Crippen molar-refractivity contribution in [3.63, 3.8) is 0 Å². The van der Waals surface area contributed by atoms with Crippen LogP contribution in [0.5, 0.6) is 5.75 Å². The second-order valence-electron chi connectivity index (χ2n) is 5.09. The van der Waals surface area contributed by atoms with Crippen molar-refractivity contribution in [1.29, 1.82) is 0 Å². The number of ether oxygens (including phenoxy) is 1. The second-order valence-corrected chi connectivity index (χ2v) is 5.09. The highest BCUT2D eigenvalue weighted by Crippen LogP contribution is 2.31. The molecule has 106 valence electrons. The maximum atomic E-state index is 13.1. The fourth-order valence-corrected chi connectivity index (χ4v) is 2.59. The number of benzene rings is 2. The van der Waals surface area contributed by atoms with Crippen LogP contribution in [0.4, 0.5) is 4.39 Å². The van der Waals surface area contributed by atoms with Crippen LogP contribution in [0.1, 0.15) is 33.9 Å². The molecule has 2 aromatic rings. The maximum Gasteiger partial charge on any atom is 0.124 e. The number of aliphatic hydroxyl groups is 1. The van der Waals surface area contributed by atoms with Crippen LogP contribution in [0.15, 0.2) is 30.3 Å². The lowest BCUT2D eigenvalue weighted by Gasteiger charge is -2.17. The summed E-state index contributed by atoms with van der Waals surface area (Å²) in [6, 6.07) is 8.24. The van der Waals surface area contributed by atoms with Crippen molar-refractivity contribution >= 4 is 0 Å². The first-order valence-electron chi connectivity index (χ1n) is 6.53. The van der Waals surface area contributed by atoms with E-state index in [4.69, 9.17) is 4.74 Å². The first-order chi connectivity index (χ1) is 9.43. The summed E-state index contributed by atoms with van der Waals surface area (Å²) >= 11 is 0. The van der Waals surface area contributed by atoms with Crippen molar-refractivity contribution in [2.24, 2.45) is 0 Å². The van der Waals surface area contributed by atoms with E-state index in [2.05, 4.69) is 0 Å². The van der Waals surface area contributed by atoms with Gasteiger partial charge in [-0.3, -0.25) is 0 Å². The van der Waals surface area contributed by atoms with E-state index in [0.29, 0.717) is 0 Å². The monoisotopic (exact) mass is 274 g/mol. The molecular formula is C17H19FO2. The van der Waals surface area contributed by atoms with Gasteiger partial charge >= 0.3 is 0 Å². The molecule has 1 N–H and O–H groups in total. The molecule has 2 rings (SSSR count). The maximum absolute atomic E-state index is 13.1. The minimum atomic E-state index is -0.765. The van der Waals surface area contributed by atoms with Gasteiger partial charge in [-0.05, 0) is 72.9 Å². The van der Waals surface area contributed by atoms with Crippen molar-refractivity contribution < 1.29 is 14.2 Å². The Balaban J connectivity index is 2.45. The number of halogens is 1. The van der Waals surface area contributed by atoms with Crippen molar-refractivity contribution in [3.05, 3.63) is 64.0 Å². The molecule has 1 unspecified atom stereocenters. The fourth-order valence-electron chi connectivity index (χ4n) is 2.59. The average molecular weight is 274 g/mol. The van der Waals surface area contributed by atoms with Gasteiger partial charge < -0.3 is 9.84 Å². The molecule has 0 bridgehead atoms. The molecular weight excluding hydrogens is 255 g/mol. The van der Waals surface area contributed by atoms with Gasteiger partial charge in [0.05, 0.1) is 7.11 Å². The molecule has 1 atom stereocenters. The van der Waals surface area contributed by atoms with Crippen LogP contribution < -0.4 is 4.74 Å². The molecule has 0 aliphatic rings. The zero-order valence-electron chi connectivity index (χ0n) is 12.2. The molecule has 0 aliphatic carbocycles. The van der Waals surface area contributed by atoms with Crippen LogP contribution in [-0.2, 0) is 0 Å². The molecule has 3 heteroatoms. The first-order valence-corrected chi connectivity index (χ1v) is 6.53. The summed E-state index contributed by atoms with van der Waals surface area (Å²) in [5.74, 6) is 0.539. The Kier molecular flexibility index (Phi) is 4.09. The topological polar surface area (TPSA) is 29.5 Å². The van der Waals surface area contributed by atoms with Crippen LogP contribution in [0.2, 0.25) is 0 Å². The van der Waals surface area contributed by atoms with Crippen LogP contribution in [0.3, 0.4) is 0 Å². The van der Waals surface area contributed by atoms with Gasteiger partial charge in [0.15, 0.2) is 0 Å². The normalized spacial score (nSPS) is 12.3. The van der Waals surface area contributed by atoms with Crippen molar-refractivity contribution in [2.75, 3.05) is 7.11 Å². The number of aliphatic hydroxyl groups excluding tert-OH is 1. The van der Waals surface area contributed by atoms with E-state index in [9.17, 15) is 9.50 Å². The summed E-state index contributed by atoms with van der Waals surface area (Å²) in [5.41, 5.74) is 4.19. The number of hydrogen-bond donors (Lipinski definition) is 1. The zero-order valence-corrected chi connectivity index (χ0v) is 12.2. The molecule has 0 saturated heterocycles. The third-order valence-corrected chi connectivity index (χ3v) is 3.53. The Morgan fingerprint density at radius 2 is 1.60 bits per heavy atom. The largest absolute Gasteiger partial charge is 0.496 e. The second kappa shape index (κ2) is 5.63. The van der Waals surface area contributed by atoms with E-state index >= 15 is 0 Å². The summed E-state index contributed by atoms with van der Waals surface area (Å²) in [6.45, 7) is 5.68. The lowest BCUT2D eigenvalue weighted by molar-refractivity contribution is 0.219. The number of rotatable bonds is 3. The lowest BCUT2D eigenvalue weighted by Crippen LogP contribution is -2.04. The van der Waals surface area contributed by atoms with Crippen LogP contribution in [-0.4, -0.2) is 12.2 Å². The molecule has 2 aromatic carbocycles. The summed E-state index contributed by atoms with van der Waals surface area (Å²) in [6.07, 6.45) is -0.765. The Morgan fingerprint density at radius 1 is 1.00 bits per heavy atom. The van der Waals surface area contributed by atoms with E-state index in [1.54, 1.807) is 20.1 Å². The van der Waals surface area contributed by atoms with E-state index in [-0.39, 0.29) is 5.82 Å². The van der Waals surface area contributed by atoms with Gasteiger partial charge in [-0.2, -0.15) is 0 Å². The smallest absolute Gasteiger partial charge is 0.124 e. The number of methoxy groups -OCH3 is 1. The van der Waals surface area contributed by atoms with Gasteiger partial charge in [0.1, 0.15) is 17.7 Å². The van der Waals surface area contributed by atoms with E-state index in [1.807, 2.05) is 26.0 Å². The SMILES string of the molecule is COc1c(C)cc(C(O)c2ccc(F)cc2C)cc1C. The minimum absolute atomic E-state index is 0.291. The summed E-state index contributed by atoms with van der Waals surface area (Å²) in [7, 11) is 1.63. The molecule has 0 heterocycles. The van der Waals surface area contributed by atoms with Crippen molar-refractivity contribution in [1.82, 2.24) is 0 Å². The number of hydrogen-bond acceptors (Lipinski definition) is 2. The minimum Gasteiger partial charge on any atom is -0.496 e. The van der Waals surface area contributed by atoms with Crippen LogP contribution >= 0.6 is 0 Å². The molecule has 0 radical (unpaired) electrons. The standard InChI is InChI=1S/C17H19FO2/c1-10-9-14(18)5-6-15(10)16(19)13-7-11(2)17(20-4)12(3)8-13/h5-9,16,19H,1-4H3. The zero-order chi connectivity index (χ0) is 14.9. The van der Waals surface area contributed by atoms with Gasteiger partial charge in [-0.15, -0.1) is 0 Å². The van der Waals surface area contributed by atoms with Crippen LogP contribution in [0.25, 0.3) is 0 Å². The highest BCUT2D eigenvalue weighted by Gasteiger charge is 2.16. The molecule has 0 aliphatic heterocycles. The highest BCUT2D eigenvalue weighted by molar-refractivity contribution is 5.46. The predicted octanol–water partition coefficient (Wildman–Crippen LogP) is 3.84. The van der Waals surface area contributed by atoms with Gasteiger partial charge in [-0.1, -0.05) is 6.07 Å². The highest BCUT2D eigenvalue weighted by atomic mass is 19.1. The first kappa shape index (κ1) is 14.5. The Labute approximate surface area is 118 Å². The van der Waals surface area contributed by atoms with E-state index in [1.165, 1.54) is 12.1 Å². The molecule has 0 saturated carbocycles. The molecule has 0 spiro atoms. The lowest BCUT2D eigenvalue weighted by atomic mass is 9.94. The van der Waals surface area contributed by atoms with E-state index < -0.39 is 6.10 Å². The summed E-state index contributed by atoms with van der Waals surface area (Å²) in [5, 5.41) is 10.5. The average Bonchev–Trinajstić information content (AvgIpc) is 2.37. The third kappa shape index (κ3) is 2.68. The van der Waals surface area contributed by atoms with Crippen molar-refractivity contribution in [2.45, 2.75) is 26.9 Å². The molecule has 20 heavy (non-hydrogen) atoms.